The van der Waals surface area contributed by atoms with E-state index in [0.717, 1.165) is 29.0 Å². The van der Waals surface area contributed by atoms with Crippen molar-refractivity contribution in [3.05, 3.63) is 23.3 Å². The topological polar surface area (TPSA) is 59.0 Å². The number of likely N-dealkylation sites (N-methyl/N-ethyl adjacent to an activating group) is 1. The summed E-state index contributed by atoms with van der Waals surface area (Å²) in [7, 11) is 1.69. The molecule has 0 bridgehead atoms. The largest absolute Gasteiger partial charge is 0.454 e. The minimum absolute atomic E-state index is 0.263. The standard InChI is InChI=1S/C14H19NO4/c1-9-6-12-13(19-8-18-12)7-11(9)4-5-15(3)14(17)10(2)16/h6-7,10,16H,4-5,8H2,1-3H3. The molecular weight excluding hydrogens is 246 g/mol. The Kier molecular flexibility index (Phi) is 3.95. The molecule has 1 aliphatic heterocycles. The van der Waals surface area contributed by atoms with Crippen LogP contribution in [0.5, 0.6) is 11.5 Å². The van der Waals surface area contributed by atoms with Crippen LogP contribution >= 0.6 is 0 Å². The lowest BCUT2D eigenvalue weighted by atomic mass is 10.0. The molecule has 0 saturated carbocycles. The molecule has 5 heteroatoms. The van der Waals surface area contributed by atoms with E-state index in [2.05, 4.69) is 0 Å². The molecule has 0 saturated heterocycles. The van der Waals surface area contributed by atoms with Crippen LogP contribution < -0.4 is 9.47 Å². The van der Waals surface area contributed by atoms with Crippen LogP contribution in [0.4, 0.5) is 0 Å². The van der Waals surface area contributed by atoms with Gasteiger partial charge in [0.25, 0.3) is 5.91 Å². The van der Waals surface area contributed by atoms with Gasteiger partial charge in [-0.3, -0.25) is 4.79 Å². The molecule has 0 spiro atoms. The molecule has 1 amide bonds. The second kappa shape index (κ2) is 5.48. The number of hydrogen-bond donors (Lipinski definition) is 1. The van der Waals surface area contributed by atoms with Gasteiger partial charge < -0.3 is 19.5 Å². The highest BCUT2D eigenvalue weighted by Gasteiger charge is 2.17. The fraction of sp³-hybridized carbons (Fsp3) is 0.500. The number of aliphatic hydroxyl groups is 1. The number of ether oxygens (including phenoxy) is 2. The minimum Gasteiger partial charge on any atom is -0.454 e. The number of aliphatic hydroxyl groups excluding tert-OH is 1. The van der Waals surface area contributed by atoms with Gasteiger partial charge in [0.05, 0.1) is 0 Å². The Bertz CT molecular complexity index is 485. The van der Waals surface area contributed by atoms with Crippen molar-refractivity contribution < 1.29 is 19.4 Å². The number of nitrogens with zero attached hydrogens (tertiary/aromatic N) is 1. The lowest BCUT2D eigenvalue weighted by Gasteiger charge is -2.19. The summed E-state index contributed by atoms with van der Waals surface area (Å²) in [4.78, 5) is 13.1. The molecule has 0 aliphatic carbocycles. The lowest BCUT2D eigenvalue weighted by Crippen LogP contribution is -2.36. The number of carbonyl (C=O) groups excluding carboxylic acids is 1. The van der Waals surface area contributed by atoms with Crippen molar-refractivity contribution in [2.75, 3.05) is 20.4 Å². The second-order valence-electron chi connectivity index (χ2n) is 4.82. The number of carbonyl (C=O) groups is 1. The lowest BCUT2D eigenvalue weighted by molar-refractivity contribution is -0.137. The molecule has 0 radical (unpaired) electrons. The van der Waals surface area contributed by atoms with Crippen LogP contribution in [0.25, 0.3) is 0 Å². The minimum atomic E-state index is -0.956. The van der Waals surface area contributed by atoms with E-state index in [9.17, 15) is 9.90 Å². The highest BCUT2D eigenvalue weighted by molar-refractivity contribution is 5.79. The molecule has 19 heavy (non-hydrogen) atoms. The van der Waals surface area contributed by atoms with Crippen molar-refractivity contribution in [1.29, 1.82) is 0 Å². The summed E-state index contributed by atoms with van der Waals surface area (Å²) in [5, 5.41) is 9.24. The Labute approximate surface area is 112 Å². The summed E-state index contributed by atoms with van der Waals surface area (Å²) >= 11 is 0. The normalized spacial score (nSPS) is 14.3. The van der Waals surface area contributed by atoms with E-state index in [0.29, 0.717) is 6.54 Å². The third kappa shape index (κ3) is 2.98. The molecule has 1 heterocycles. The maximum Gasteiger partial charge on any atom is 0.250 e. The summed E-state index contributed by atoms with van der Waals surface area (Å²) in [5.41, 5.74) is 2.23. The van der Waals surface area contributed by atoms with Crippen LogP contribution in [0.2, 0.25) is 0 Å². The van der Waals surface area contributed by atoms with Crippen molar-refractivity contribution >= 4 is 5.91 Å². The monoisotopic (exact) mass is 265 g/mol. The van der Waals surface area contributed by atoms with E-state index < -0.39 is 6.10 Å². The van der Waals surface area contributed by atoms with Gasteiger partial charge in [-0.2, -0.15) is 0 Å². The summed E-state index contributed by atoms with van der Waals surface area (Å²) in [6, 6.07) is 3.91. The number of hydrogen-bond acceptors (Lipinski definition) is 4. The molecular formula is C14H19NO4. The molecule has 0 fully saturated rings. The van der Waals surface area contributed by atoms with Crippen molar-refractivity contribution in [3.63, 3.8) is 0 Å². The smallest absolute Gasteiger partial charge is 0.250 e. The third-order valence-electron chi connectivity index (χ3n) is 3.28. The Morgan fingerprint density at radius 1 is 1.42 bits per heavy atom. The molecule has 1 aromatic rings. The van der Waals surface area contributed by atoms with Crippen molar-refractivity contribution in [3.8, 4) is 11.5 Å². The average molecular weight is 265 g/mol. The van der Waals surface area contributed by atoms with Gasteiger partial charge in [0.2, 0.25) is 6.79 Å². The molecule has 1 unspecified atom stereocenters. The van der Waals surface area contributed by atoms with Gasteiger partial charge >= 0.3 is 0 Å². The first-order valence-corrected chi connectivity index (χ1v) is 6.31. The Morgan fingerprint density at radius 3 is 2.68 bits per heavy atom. The van der Waals surface area contributed by atoms with Crippen LogP contribution in [-0.2, 0) is 11.2 Å². The van der Waals surface area contributed by atoms with E-state index in [1.807, 2.05) is 19.1 Å². The van der Waals surface area contributed by atoms with Gasteiger partial charge in [0.15, 0.2) is 11.5 Å². The fourth-order valence-electron chi connectivity index (χ4n) is 2.07. The predicted molar refractivity (Wildman–Crippen MR) is 70.3 cm³/mol. The van der Waals surface area contributed by atoms with Crippen molar-refractivity contribution in [2.24, 2.45) is 0 Å². The van der Waals surface area contributed by atoms with Crippen molar-refractivity contribution in [1.82, 2.24) is 4.90 Å². The Morgan fingerprint density at radius 2 is 2.05 bits per heavy atom. The summed E-state index contributed by atoms with van der Waals surface area (Å²) in [6.45, 7) is 4.31. The molecule has 0 aromatic heterocycles. The van der Waals surface area contributed by atoms with Gasteiger partial charge in [-0.15, -0.1) is 0 Å². The highest BCUT2D eigenvalue weighted by atomic mass is 16.7. The van der Waals surface area contributed by atoms with Gasteiger partial charge in [0, 0.05) is 13.6 Å². The first-order chi connectivity index (χ1) is 8.99. The maximum atomic E-state index is 11.6. The van der Waals surface area contributed by atoms with Crippen LogP contribution in [0.1, 0.15) is 18.1 Å². The van der Waals surface area contributed by atoms with Gasteiger partial charge in [-0.1, -0.05) is 0 Å². The maximum absolute atomic E-state index is 11.6. The number of fused-ring (bicyclic) bond motifs is 1. The molecule has 1 atom stereocenters. The zero-order valence-corrected chi connectivity index (χ0v) is 11.5. The summed E-state index contributed by atoms with van der Waals surface area (Å²) in [5.74, 6) is 1.26. The number of benzene rings is 1. The molecule has 5 nitrogen and oxygen atoms in total. The van der Waals surface area contributed by atoms with Gasteiger partial charge in [-0.05, 0) is 43.5 Å². The van der Waals surface area contributed by atoms with Crippen LogP contribution in [0, 0.1) is 6.92 Å². The van der Waals surface area contributed by atoms with Gasteiger partial charge in [0.1, 0.15) is 6.10 Å². The summed E-state index contributed by atoms with van der Waals surface area (Å²) in [6.07, 6.45) is -0.236. The molecule has 104 valence electrons. The Hall–Kier alpha value is -1.75. The van der Waals surface area contributed by atoms with E-state index in [1.165, 1.54) is 11.8 Å². The first-order valence-electron chi connectivity index (χ1n) is 6.31. The number of rotatable bonds is 4. The van der Waals surface area contributed by atoms with E-state index >= 15 is 0 Å². The second-order valence-corrected chi connectivity index (χ2v) is 4.82. The highest BCUT2D eigenvalue weighted by Crippen LogP contribution is 2.34. The van der Waals surface area contributed by atoms with Gasteiger partial charge in [-0.25, -0.2) is 0 Å². The van der Waals surface area contributed by atoms with E-state index in [1.54, 1.807) is 7.05 Å². The van der Waals surface area contributed by atoms with E-state index in [-0.39, 0.29) is 12.7 Å². The molecule has 1 N–H and O–H groups in total. The van der Waals surface area contributed by atoms with Crippen LogP contribution in [0.3, 0.4) is 0 Å². The SMILES string of the molecule is Cc1cc2c(cc1CCN(C)C(=O)C(C)O)OCO2. The Balaban J connectivity index is 2.02. The molecule has 1 aliphatic rings. The molecule has 1 aromatic carbocycles. The number of amides is 1. The average Bonchev–Trinajstić information content (AvgIpc) is 2.81. The summed E-state index contributed by atoms with van der Waals surface area (Å²) < 4.78 is 10.7. The van der Waals surface area contributed by atoms with E-state index in [4.69, 9.17) is 9.47 Å². The third-order valence-corrected chi connectivity index (χ3v) is 3.28. The fourth-order valence-corrected chi connectivity index (χ4v) is 2.07. The molecule has 2 rings (SSSR count). The zero-order chi connectivity index (χ0) is 14.0. The predicted octanol–water partition coefficient (Wildman–Crippen LogP) is 1.11. The first kappa shape index (κ1) is 13.7. The van der Waals surface area contributed by atoms with Crippen molar-refractivity contribution in [2.45, 2.75) is 26.4 Å². The zero-order valence-electron chi connectivity index (χ0n) is 11.5. The van der Waals surface area contributed by atoms with Crippen LogP contribution in [0.15, 0.2) is 12.1 Å². The quantitative estimate of drug-likeness (QED) is 0.886. The number of aryl methyl sites for hydroxylation is 1. The van der Waals surface area contributed by atoms with Crippen LogP contribution in [-0.4, -0.2) is 42.4 Å².